The molecule has 0 aliphatic carbocycles. The van der Waals surface area contributed by atoms with Crippen molar-refractivity contribution in [1.29, 1.82) is 0 Å². The van der Waals surface area contributed by atoms with Gasteiger partial charge in [0, 0.05) is 5.02 Å². The molecular weight excluding hydrogens is 340 g/mol. The van der Waals surface area contributed by atoms with E-state index in [1.54, 1.807) is 55.5 Å². The molecule has 0 spiro atoms. The van der Waals surface area contributed by atoms with Crippen LogP contribution in [0.2, 0.25) is 5.02 Å². The Morgan fingerprint density at radius 1 is 1.12 bits per heavy atom. The Morgan fingerprint density at radius 2 is 1.64 bits per heavy atom. The summed E-state index contributed by atoms with van der Waals surface area (Å²) in [6.45, 7) is 5.37. The van der Waals surface area contributed by atoms with Crippen LogP contribution in [-0.2, 0) is 15.1 Å². The predicted molar refractivity (Wildman–Crippen MR) is 98.0 cm³/mol. The molecule has 0 saturated heterocycles. The topological polar surface area (TPSA) is 55.8 Å². The fourth-order valence-electron chi connectivity index (χ4n) is 2.25. The van der Waals surface area contributed by atoms with Gasteiger partial charge < -0.3 is 14.6 Å². The second kappa shape index (κ2) is 8.37. The molecule has 2 unspecified atom stereocenters. The highest BCUT2D eigenvalue weighted by Crippen LogP contribution is 2.29. The molecule has 5 heteroatoms. The molecule has 0 aliphatic heterocycles. The van der Waals surface area contributed by atoms with Crippen molar-refractivity contribution in [3.05, 3.63) is 59.1 Å². The van der Waals surface area contributed by atoms with Crippen LogP contribution >= 0.6 is 11.6 Å². The lowest BCUT2D eigenvalue weighted by molar-refractivity contribution is -0.153. The average Bonchev–Trinajstić information content (AvgIpc) is 2.56. The van der Waals surface area contributed by atoms with E-state index in [4.69, 9.17) is 21.1 Å². The molecule has 25 heavy (non-hydrogen) atoms. The summed E-state index contributed by atoms with van der Waals surface area (Å²) < 4.78 is 11.0. The molecule has 4 nitrogen and oxygen atoms in total. The number of carbonyl (C=O) groups is 1. The SMILES string of the molecule is CCC(C)OC(=O)CC(C)(O)c1ccc(Oc2ccc(Cl)cc2)cc1. The van der Waals surface area contributed by atoms with Crippen LogP contribution in [0, 0.1) is 0 Å². The molecule has 0 heterocycles. The summed E-state index contributed by atoms with van der Waals surface area (Å²) in [5, 5.41) is 11.2. The van der Waals surface area contributed by atoms with Crippen LogP contribution in [-0.4, -0.2) is 17.2 Å². The van der Waals surface area contributed by atoms with Crippen LogP contribution in [0.3, 0.4) is 0 Å². The fourth-order valence-corrected chi connectivity index (χ4v) is 2.38. The molecule has 0 saturated carbocycles. The molecule has 0 aromatic heterocycles. The Labute approximate surface area is 153 Å². The fraction of sp³-hybridized carbons (Fsp3) is 0.350. The predicted octanol–water partition coefficient (Wildman–Crippen LogP) is 5.07. The van der Waals surface area contributed by atoms with Crippen molar-refractivity contribution in [2.75, 3.05) is 0 Å². The number of rotatable bonds is 7. The highest BCUT2D eigenvalue weighted by molar-refractivity contribution is 6.30. The van der Waals surface area contributed by atoms with E-state index in [9.17, 15) is 9.90 Å². The normalized spacial score (nSPS) is 14.4. The van der Waals surface area contributed by atoms with E-state index in [2.05, 4.69) is 0 Å². The second-order valence-electron chi connectivity index (χ2n) is 6.24. The Morgan fingerprint density at radius 3 is 2.16 bits per heavy atom. The first-order valence-corrected chi connectivity index (χ1v) is 8.64. The molecule has 2 atom stereocenters. The number of ether oxygens (including phenoxy) is 2. The van der Waals surface area contributed by atoms with Gasteiger partial charge in [-0.2, -0.15) is 0 Å². The van der Waals surface area contributed by atoms with E-state index in [1.807, 2.05) is 13.8 Å². The lowest BCUT2D eigenvalue weighted by Crippen LogP contribution is -2.27. The van der Waals surface area contributed by atoms with Crippen molar-refractivity contribution in [3.63, 3.8) is 0 Å². The molecular formula is C20H23ClO4. The van der Waals surface area contributed by atoms with E-state index in [-0.39, 0.29) is 12.5 Å². The van der Waals surface area contributed by atoms with Crippen LogP contribution in [0.25, 0.3) is 0 Å². The number of aliphatic hydroxyl groups is 1. The van der Waals surface area contributed by atoms with Crippen molar-refractivity contribution in [2.45, 2.75) is 45.3 Å². The molecule has 0 radical (unpaired) electrons. The number of hydrogen-bond acceptors (Lipinski definition) is 4. The minimum Gasteiger partial charge on any atom is -0.463 e. The third kappa shape index (κ3) is 5.76. The summed E-state index contributed by atoms with van der Waals surface area (Å²) in [7, 11) is 0. The summed E-state index contributed by atoms with van der Waals surface area (Å²) in [5.41, 5.74) is -0.680. The Balaban J connectivity index is 2.02. The third-order valence-corrected chi connectivity index (χ3v) is 4.17. The average molecular weight is 363 g/mol. The van der Waals surface area contributed by atoms with Gasteiger partial charge in [-0.3, -0.25) is 4.79 Å². The molecule has 0 amide bonds. The van der Waals surface area contributed by atoms with Crippen molar-refractivity contribution in [3.8, 4) is 11.5 Å². The van der Waals surface area contributed by atoms with Gasteiger partial charge in [-0.05, 0) is 62.2 Å². The Kier molecular flexibility index (Phi) is 6.45. The van der Waals surface area contributed by atoms with E-state index in [0.717, 1.165) is 6.42 Å². The maximum absolute atomic E-state index is 11.9. The molecule has 134 valence electrons. The number of carbonyl (C=O) groups excluding carboxylic acids is 1. The van der Waals surface area contributed by atoms with Gasteiger partial charge >= 0.3 is 5.97 Å². The van der Waals surface area contributed by atoms with Gasteiger partial charge in [0.25, 0.3) is 0 Å². The van der Waals surface area contributed by atoms with Crippen molar-refractivity contribution >= 4 is 17.6 Å². The van der Waals surface area contributed by atoms with E-state index >= 15 is 0 Å². The summed E-state index contributed by atoms with van der Waals surface area (Å²) >= 11 is 5.85. The molecule has 2 aromatic carbocycles. The molecule has 0 bridgehead atoms. The molecule has 2 rings (SSSR count). The number of benzene rings is 2. The van der Waals surface area contributed by atoms with Crippen LogP contribution in [0.15, 0.2) is 48.5 Å². The van der Waals surface area contributed by atoms with Crippen molar-refractivity contribution in [2.24, 2.45) is 0 Å². The highest BCUT2D eigenvalue weighted by Gasteiger charge is 2.28. The molecule has 0 fully saturated rings. The van der Waals surface area contributed by atoms with Gasteiger partial charge in [0.2, 0.25) is 0 Å². The zero-order valence-electron chi connectivity index (χ0n) is 14.7. The van der Waals surface area contributed by atoms with Crippen LogP contribution in [0.1, 0.15) is 39.2 Å². The third-order valence-electron chi connectivity index (χ3n) is 3.92. The standard InChI is InChI=1S/C20H23ClO4/c1-4-14(2)24-19(22)13-20(3,23)15-5-9-17(10-6-15)25-18-11-7-16(21)8-12-18/h5-12,14,23H,4,13H2,1-3H3. The van der Waals surface area contributed by atoms with Gasteiger partial charge in [0.05, 0.1) is 18.1 Å². The second-order valence-corrected chi connectivity index (χ2v) is 6.68. The largest absolute Gasteiger partial charge is 0.463 e. The van der Waals surface area contributed by atoms with Crippen LogP contribution in [0.4, 0.5) is 0 Å². The van der Waals surface area contributed by atoms with Crippen molar-refractivity contribution in [1.82, 2.24) is 0 Å². The van der Waals surface area contributed by atoms with Gasteiger partial charge in [0.1, 0.15) is 11.5 Å². The van der Waals surface area contributed by atoms with Gasteiger partial charge in [-0.1, -0.05) is 30.7 Å². The molecule has 2 aromatic rings. The molecule has 0 aliphatic rings. The van der Waals surface area contributed by atoms with Crippen LogP contribution in [0.5, 0.6) is 11.5 Å². The molecule has 1 N–H and O–H groups in total. The van der Waals surface area contributed by atoms with Crippen LogP contribution < -0.4 is 4.74 Å². The number of halogens is 1. The monoisotopic (exact) mass is 362 g/mol. The maximum atomic E-state index is 11.9. The highest BCUT2D eigenvalue weighted by atomic mass is 35.5. The van der Waals surface area contributed by atoms with E-state index in [1.165, 1.54) is 0 Å². The first kappa shape index (κ1) is 19.3. The van der Waals surface area contributed by atoms with Gasteiger partial charge in [-0.25, -0.2) is 0 Å². The first-order valence-electron chi connectivity index (χ1n) is 8.26. The lowest BCUT2D eigenvalue weighted by Gasteiger charge is -2.24. The van der Waals surface area contributed by atoms with E-state index < -0.39 is 11.6 Å². The zero-order chi connectivity index (χ0) is 18.4. The van der Waals surface area contributed by atoms with Gasteiger partial charge in [-0.15, -0.1) is 0 Å². The minimum atomic E-state index is -1.30. The van der Waals surface area contributed by atoms with E-state index in [0.29, 0.717) is 22.1 Å². The Hall–Kier alpha value is -2.04. The van der Waals surface area contributed by atoms with Crippen molar-refractivity contribution < 1.29 is 19.4 Å². The number of hydrogen-bond donors (Lipinski definition) is 1. The van der Waals surface area contributed by atoms with Gasteiger partial charge in [0.15, 0.2) is 0 Å². The summed E-state index contributed by atoms with van der Waals surface area (Å²) in [6.07, 6.45) is 0.484. The lowest BCUT2D eigenvalue weighted by atomic mass is 9.92. The summed E-state index contributed by atoms with van der Waals surface area (Å²) in [5.74, 6) is 0.880. The Bertz CT molecular complexity index is 693. The first-order chi connectivity index (χ1) is 11.8. The maximum Gasteiger partial charge on any atom is 0.309 e. The zero-order valence-corrected chi connectivity index (χ0v) is 15.4. The smallest absolute Gasteiger partial charge is 0.309 e. The number of esters is 1. The minimum absolute atomic E-state index is 0.102. The summed E-state index contributed by atoms with van der Waals surface area (Å²) in [6, 6.07) is 14.0. The summed E-state index contributed by atoms with van der Waals surface area (Å²) in [4.78, 5) is 11.9. The quantitative estimate of drug-likeness (QED) is 0.698.